The molecule has 0 amide bonds. The fourth-order valence-corrected chi connectivity index (χ4v) is 13.9. The maximum absolute atomic E-state index is 2.71. The van der Waals surface area contributed by atoms with Crippen LogP contribution in [0.4, 0.5) is 0 Å². The molecule has 2 aliphatic carbocycles. The highest BCUT2D eigenvalue weighted by Gasteiger charge is 2.66. The summed E-state index contributed by atoms with van der Waals surface area (Å²) in [6.45, 7) is 15.7. The van der Waals surface area contributed by atoms with Crippen LogP contribution in [0.25, 0.3) is 0 Å². The van der Waals surface area contributed by atoms with Gasteiger partial charge < -0.3 is 0 Å². The lowest BCUT2D eigenvalue weighted by Crippen LogP contribution is -2.58. The van der Waals surface area contributed by atoms with Crippen LogP contribution in [-0.2, 0) is 0 Å². The number of hydrogen-bond acceptors (Lipinski definition) is 0. The summed E-state index contributed by atoms with van der Waals surface area (Å²) in [5, 5.41) is 0. The van der Waals surface area contributed by atoms with Crippen LogP contribution in [0.5, 0.6) is 0 Å². The molecule has 1 heterocycles. The molecule has 0 N–H and O–H groups in total. The van der Waals surface area contributed by atoms with Crippen LogP contribution in [0.3, 0.4) is 0 Å². The second-order valence-electron chi connectivity index (χ2n) is 10.5. The van der Waals surface area contributed by atoms with Gasteiger partial charge in [0, 0.05) is 0 Å². The summed E-state index contributed by atoms with van der Waals surface area (Å²) >= 11 is 0. The molecule has 0 aromatic heterocycles. The van der Waals surface area contributed by atoms with Crippen LogP contribution < -0.4 is 0 Å². The van der Waals surface area contributed by atoms with Gasteiger partial charge in [0.2, 0.25) is 0 Å². The topological polar surface area (TPSA) is 0 Å². The van der Waals surface area contributed by atoms with E-state index >= 15 is 0 Å². The minimum atomic E-state index is -1.53. The third kappa shape index (κ3) is 1.81. The highest BCUT2D eigenvalue weighted by atomic mass is 28.3. The van der Waals surface area contributed by atoms with Gasteiger partial charge in [-0.1, -0.05) is 89.3 Å². The molecule has 26 heavy (non-hydrogen) atoms. The van der Waals surface area contributed by atoms with Gasteiger partial charge in [0.1, 0.15) is 0 Å². The molecular formula is C25H32Si. The summed E-state index contributed by atoms with van der Waals surface area (Å²) < 4.78 is 0. The van der Waals surface area contributed by atoms with E-state index in [-0.39, 0.29) is 0 Å². The van der Waals surface area contributed by atoms with Crippen LogP contribution in [0.15, 0.2) is 48.5 Å². The first-order valence-electron chi connectivity index (χ1n) is 10.5. The third-order valence-electron chi connectivity index (χ3n) is 8.76. The highest BCUT2D eigenvalue weighted by molar-refractivity contribution is 6.80. The van der Waals surface area contributed by atoms with E-state index in [1.54, 1.807) is 22.3 Å². The van der Waals surface area contributed by atoms with Crippen molar-refractivity contribution in [2.75, 3.05) is 0 Å². The van der Waals surface area contributed by atoms with Crippen molar-refractivity contribution in [1.29, 1.82) is 0 Å². The fourth-order valence-electron chi connectivity index (χ4n) is 8.06. The molecule has 5 rings (SSSR count). The number of hydrogen-bond donors (Lipinski definition) is 0. The molecule has 0 nitrogen and oxygen atoms in total. The van der Waals surface area contributed by atoms with Gasteiger partial charge in [0.25, 0.3) is 0 Å². The summed E-state index contributed by atoms with van der Waals surface area (Å²) in [5.41, 5.74) is 8.66. The number of rotatable bonds is 0. The van der Waals surface area contributed by atoms with Crippen LogP contribution in [0.1, 0.15) is 72.9 Å². The molecule has 1 aliphatic heterocycles. The first-order chi connectivity index (χ1) is 12.3. The van der Waals surface area contributed by atoms with E-state index in [1.807, 2.05) is 0 Å². The maximum atomic E-state index is 2.71. The Labute approximate surface area is 160 Å². The summed E-state index contributed by atoms with van der Waals surface area (Å²) in [4.78, 5) is 0. The Morgan fingerprint density at radius 2 is 1.00 bits per heavy atom. The van der Waals surface area contributed by atoms with Gasteiger partial charge >= 0.3 is 0 Å². The van der Waals surface area contributed by atoms with Crippen molar-refractivity contribution in [3.8, 4) is 0 Å². The zero-order valence-electron chi connectivity index (χ0n) is 17.1. The minimum Gasteiger partial charge on any atom is -0.0684 e. The van der Waals surface area contributed by atoms with Gasteiger partial charge in [-0.2, -0.15) is 0 Å². The number of benzene rings is 2. The minimum absolute atomic E-state index is 0.370. The molecule has 136 valence electrons. The third-order valence-corrected chi connectivity index (χ3v) is 13.3. The zero-order valence-corrected chi connectivity index (χ0v) is 18.1. The van der Waals surface area contributed by atoms with Gasteiger partial charge in [-0.25, -0.2) is 0 Å². The average Bonchev–Trinajstić information content (AvgIpc) is 3.09. The van der Waals surface area contributed by atoms with E-state index in [0.29, 0.717) is 17.3 Å². The second-order valence-corrected chi connectivity index (χ2v) is 15.4. The average molecular weight is 361 g/mol. The van der Waals surface area contributed by atoms with Crippen molar-refractivity contribution in [3.05, 3.63) is 70.8 Å². The van der Waals surface area contributed by atoms with Crippen LogP contribution in [-0.4, -0.2) is 8.07 Å². The van der Waals surface area contributed by atoms with Crippen molar-refractivity contribution >= 4 is 8.07 Å². The molecule has 0 radical (unpaired) electrons. The zero-order chi connectivity index (χ0) is 18.4. The maximum Gasteiger partial charge on any atom is 0.0636 e. The molecule has 0 saturated carbocycles. The Kier molecular flexibility index (Phi) is 3.32. The Morgan fingerprint density at radius 3 is 1.38 bits per heavy atom. The molecule has 1 saturated heterocycles. The molecule has 3 aliphatic rings. The Morgan fingerprint density at radius 1 is 0.654 bits per heavy atom. The Hall–Kier alpha value is -1.34. The monoisotopic (exact) mass is 360 g/mol. The van der Waals surface area contributed by atoms with Gasteiger partial charge in [-0.15, -0.1) is 0 Å². The van der Waals surface area contributed by atoms with Crippen LogP contribution in [0, 0.1) is 17.3 Å². The lowest BCUT2D eigenvalue weighted by Gasteiger charge is -2.58. The largest absolute Gasteiger partial charge is 0.0684 e. The van der Waals surface area contributed by atoms with E-state index in [1.165, 1.54) is 0 Å². The lowest BCUT2D eigenvalue weighted by molar-refractivity contribution is 0.0670. The van der Waals surface area contributed by atoms with Crippen molar-refractivity contribution in [1.82, 2.24) is 0 Å². The molecule has 1 fully saturated rings. The molecule has 2 aromatic carbocycles. The van der Waals surface area contributed by atoms with E-state index in [9.17, 15) is 0 Å². The van der Waals surface area contributed by atoms with Gasteiger partial charge in [-0.3, -0.25) is 0 Å². The summed E-state index contributed by atoms with van der Waals surface area (Å²) in [5.74, 6) is 2.96. The highest BCUT2D eigenvalue weighted by Crippen LogP contribution is 2.71. The molecule has 1 heteroatoms. The van der Waals surface area contributed by atoms with E-state index in [0.717, 1.165) is 22.9 Å². The predicted octanol–water partition coefficient (Wildman–Crippen LogP) is 6.85. The van der Waals surface area contributed by atoms with Gasteiger partial charge in [-0.05, 0) is 62.4 Å². The molecule has 0 bridgehead atoms. The van der Waals surface area contributed by atoms with E-state index in [2.05, 4.69) is 89.3 Å². The SMILES string of the molecule is CC1c2ccccc2C2C1C(C)(C)C1C(C)c3ccccc3C1[Si]2(C)C. The molecule has 6 unspecified atom stereocenters. The van der Waals surface area contributed by atoms with E-state index < -0.39 is 8.07 Å². The predicted molar refractivity (Wildman–Crippen MR) is 113 cm³/mol. The second kappa shape index (κ2) is 5.13. The van der Waals surface area contributed by atoms with Crippen molar-refractivity contribution in [3.63, 3.8) is 0 Å². The van der Waals surface area contributed by atoms with Crippen molar-refractivity contribution in [2.24, 2.45) is 17.3 Å². The van der Waals surface area contributed by atoms with Crippen LogP contribution >= 0.6 is 0 Å². The smallest absolute Gasteiger partial charge is 0.0636 e. The van der Waals surface area contributed by atoms with Crippen molar-refractivity contribution < 1.29 is 0 Å². The van der Waals surface area contributed by atoms with Gasteiger partial charge in [0.15, 0.2) is 0 Å². The van der Waals surface area contributed by atoms with Crippen molar-refractivity contribution in [2.45, 2.75) is 63.7 Å². The quantitative estimate of drug-likeness (QED) is 0.451. The normalized spacial score (nSPS) is 38.2. The molecule has 2 aromatic rings. The first-order valence-corrected chi connectivity index (χ1v) is 13.6. The first kappa shape index (κ1) is 16.8. The standard InChI is InChI=1S/C25H32Si/c1-15-17-11-7-9-13-19(17)23-21(15)25(3,4)22-16(2)18-12-8-10-14-20(18)24(22)26(23,5)6/h7-16,21-24H,1-6H3. The van der Waals surface area contributed by atoms with Crippen LogP contribution in [0.2, 0.25) is 13.1 Å². The van der Waals surface area contributed by atoms with Gasteiger partial charge in [0.05, 0.1) is 8.07 Å². The Balaban J connectivity index is 1.78. The van der Waals surface area contributed by atoms with E-state index in [4.69, 9.17) is 0 Å². The summed E-state index contributed by atoms with van der Waals surface area (Å²) in [7, 11) is -1.53. The summed E-state index contributed by atoms with van der Waals surface area (Å²) in [6, 6.07) is 18.8. The summed E-state index contributed by atoms with van der Waals surface area (Å²) in [6.07, 6.45) is 0. The fraction of sp³-hybridized carbons (Fsp3) is 0.520. The molecule has 6 atom stereocenters. The Bertz CT molecular complexity index is 808. The molecule has 0 spiro atoms. The molecular weight excluding hydrogens is 328 g/mol. The lowest BCUT2D eigenvalue weighted by atomic mass is 9.61. The number of fused-ring (bicyclic) bond motifs is 6.